The number of amides is 2. The SMILES string of the molecule is O=C(NC1CCCc2ccccc21)[C@@H]1CCCN1C(=O)CC1CCCCC1. The maximum absolute atomic E-state index is 13.0. The van der Waals surface area contributed by atoms with Crippen molar-refractivity contribution in [2.75, 3.05) is 6.54 Å². The third-order valence-corrected chi connectivity index (χ3v) is 6.75. The van der Waals surface area contributed by atoms with E-state index in [1.165, 1.54) is 43.2 Å². The van der Waals surface area contributed by atoms with Gasteiger partial charge in [-0.25, -0.2) is 0 Å². The fraction of sp³-hybridized carbons (Fsp3) is 0.652. The zero-order valence-corrected chi connectivity index (χ0v) is 16.3. The van der Waals surface area contributed by atoms with Gasteiger partial charge in [-0.15, -0.1) is 0 Å². The molecule has 2 aliphatic carbocycles. The summed E-state index contributed by atoms with van der Waals surface area (Å²) >= 11 is 0. The molecule has 1 unspecified atom stereocenters. The fourth-order valence-electron chi connectivity index (χ4n) is 5.27. The number of aryl methyl sites for hydroxylation is 1. The molecule has 0 radical (unpaired) electrons. The molecule has 1 saturated carbocycles. The van der Waals surface area contributed by atoms with E-state index < -0.39 is 0 Å². The second-order valence-corrected chi connectivity index (χ2v) is 8.61. The number of hydrogen-bond acceptors (Lipinski definition) is 2. The third kappa shape index (κ3) is 4.20. The number of carbonyl (C=O) groups excluding carboxylic acids is 2. The summed E-state index contributed by atoms with van der Waals surface area (Å²) in [5, 5.41) is 3.27. The molecule has 0 bridgehead atoms. The van der Waals surface area contributed by atoms with Gasteiger partial charge in [0.05, 0.1) is 6.04 Å². The van der Waals surface area contributed by atoms with E-state index in [9.17, 15) is 9.59 Å². The van der Waals surface area contributed by atoms with Crippen LogP contribution >= 0.6 is 0 Å². The van der Waals surface area contributed by atoms with Crippen LogP contribution in [-0.4, -0.2) is 29.3 Å². The lowest BCUT2D eigenvalue weighted by Gasteiger charge is -2.31. The number of fused-ring (bicyclic) bond motifs is 1. The van der Waals surface area contributed by atoms with E-state index in [4.69, 9.17) is 0 Å². The molecular formula is C23H32N2O2. The van der Waals surface area contributed by atoms with Gasteiger partial charge in [-0.3, -0.25) is 9.59 Å². The van der Waals surface area contributed by atoms with Crippen LogP contribution in [0.25, 0.3) is 0 Å². The van der Waals surface area contributed by atoms with E-state index in [-0.39, 0.29) is 23.9 Å². The Morgan fingerprint density at radius 2 is 1.78 bits per heavy atom. The van der Waals surface area contributed by atoms with Crippen LogP contribution in [0.15, 0.2) is 24.3 Å². The maximum atomic E-state index is 13.0. The molecule has 2 amide bonds. The van der Waals surface area contributed by atoms with Gasteiger partial charge in [-0.1, -0.05) is 43.5 Å². The Kier molecular flexibility index (Phi) is 5.80. The Hall–Kier alpha value is -1.84. The number of nitrogens with one attached hydrogen (secondary N) is 1. The molecule has 3 aliphatic rings. The highest BCUT2D eigenvalue weighted by molar-refractivity contribution is 5.88. The van der Waals surface area contributed by atoms with Gasteiger partial charge in [0.2, 0.25) is 11.8 Å². The summed E-state index contributed by atoms with van der Waals surface area (Å²) < 4.78 is 0. The Morgan fingerprint density at radius 1 is 0.963 bits per heavy atom. The summed E-state index contributed by atoms with van der Waals surface area (Å²) in [6, 6.07) is 8.27. The van der Waals surface area contributed by atoms with Gasteiger partial charge in [-0.2, -0.15) is 0 Å². The largest absolute Gasteiger partial charge is 0.347 e. The lowest BCUT2D eigenvalue weighted by atomic mass is 9.86. The molecule has 27 heavy (non-hydrogen) atoms. The van der Waals surface area contributed by atoms with Crippen LogP contribution in [0.4, 0.5) is 0 Å². The molecule has 2 atom stereocenters. The summed E-state index contributed by atoms with van der Waals surface area (Å²) in [5.41, 5.74) is 2.61. The van der Waals surface area contributed by atoms with Crippen LogP contribution in [0.1, 0.15) is 81.4 Å². The molecule has 4 heteroatoms. The van der Waals surface area contributed by atoms with Crippen LogP contribution in [0.3, 0.4) is 0 Å². The number of likely N-dealkylation sites (tertiary alicyclic amines) is 1. The normalized spacial score (nSPS) is 25.9. The number of nitrogens with zero attached hydrogens (tertiary/aromatic N) is 1. The Morgan fingerprint density at radius 3 is 2.63 bits per heavy atom. The Bertz CT molecular complexity index is 681. The van der Waals surface area contributed by atoms with Crippen LogP contribution in [-0.2, 0) is 16.0 Å². The fourth-order valence-corrected chi connectivity index (χ4v) is 5.27. The van der Waals surface area contributed by atoms with Gasteiger partial charge in [-0.05, 0) is 62.0 Å². The molecule has 1 aromatic carbocycles. The van der Waals surface area contributed by atoms with Crippen molar-refractivity contribution in [1.82, 2.24) is 10.2 Å². The predicted molar refractivity (Wildman–Crippen MR) is 106 cm³/mol. The zero-order valence-electron chi connectivity index (χ0n) is 16.3. The van der Waals surface area contributed by atoms with Crippen molar-refractivity contribution in [1.29, 1.82) is 0 Å². The molecular weight excluding hydrogens is 336 g/mol. The molecule has 0 spiro atoms. The van der Waals surface area contributed by atoms with Gasteiger partial charge < -0.3 is 10.2 Å². The molecule has 146 valence electrons. The lowest BCUT2D eigenvalue weighted by molar-refractivity contribution is -0.139. The summed E-state index contributed by atoms with van der Waals surface area (Å²) in [5.74, 6) is 0.774. The van der Waals surface area contributed by atoms with Crippen molar-refractivity contribution in [2.24, 2.45) is 5.92 Å². The summed E-state index contributed by atoms with van der Waals surface area (Å²) in [6.07, 6.45) is 11.7. The van der Waals surface area contributed by atoms with E-state index in [2.05, 4.69) is 29.6 Å². The van der Waals surface area contributed by atoms with Crippen LogP contribution in [0, 0.1) is 5.92 Å². The minimum absolute atomic E-state index is 0.0474. The van der Waals surface area contributed by atoms with Crippen molar-refractivity contribution in [3.8, 4) is 0 Å². The highest BCUT2D eigenvalue weighted by atomic mass is 16.2. The molecule has 4 rings (SSSR count). The second kappa shape index (κ2) is 8.45. The van der Waals surface area contributed by atoms with Crippen molar-refractivity contribution in [2.45, 2.75) is 82.7 Å². The quantitative estimate of drug-likeness (QED) is 0.868. The van der Waals surface area contributed by atoms with E-state index in [1.54, 1.807) is 0 Å². The summed E-state index contributed by atoms with van der Waals surface area (Å²) in [4.78, 5) is 27.8. The van der Waals surface area contributed by atoms with E-state index in [0.717, 1.165) is 38.6 Å². The van der Waals surface area contributed by atoms with Gasteiger partial charge in [0.15, 0.2) is 0 Å². The first-order valence-electron chi connectivity index (χ1n) is 10.9. The van der Waals surface area contributed by atoms with Crippen molar-refractivity contribution in [3.63, 3.8) is 0 Å². The van der Waals surface area contributed by atoms with E-state index in [1.807, 2.05) is 4.90 Å². The van der Waals surface area contributed by atoms with Crippen LogP contribution in [0.5, 0.6) is 0 Å². The minimum atomic E-state index is -0.268. The molecule has 1 heterocycles. The molecule has 0 aromatic heterocycles. The van der Waals surface area contributed by atoms with E-state index in [0.29, 0.717) is 12.3 Å². The number of benzene rings is 1. The van der Waals surface area contributed by atoms with E-state index >= 15 is 0 Å². The highest BCUT2D eigenvalue weighted by Gasteiger charge is 2.36. The number of hydrogen-bond donors (Lipinski definition) is 1. The van der Waals surface area contributed by atoms with Crippen LogP contribution < -0.4 is 5.32 Å². The predicted octanol–water partition coefficient (Wildman–Crippen LogP) is 4.14. The smallest absolute Gasteiger partial charge is 0.243 e. The average Bonchev–Trinajstić information content (AvgIpc) is 3.19. The minimum Gasteiger partial charge on any atom is -0.347 e. The van der Waals surface area contributed by atoms with Crippen molar-refractivity contribution >= 4 is 11.8 Å². The monoisotopic (exact) mass is 368 g/mol. The Labute approximate surface area is 162 Å². The maximum Gasteiger partial charge on any atom is 0.243 e. The molecule has 2 fully saturated rings. The van der Waals surface area contributed by atoms with Crippen molar-refractivity contribution < 1.29 is 9.59 Å². The first-order valence-corrected chi connectivity index (χ1v) is 10.9. The number of carbonyl (C=O) groups is 2. The average molecular weight is 369 g/mol. The zero-order chi connectivity index (χ0) is 18.6. The molecule has 1 saturated heterocycles. The van der Waals surface area contributed by atoms with Crippen LogP contribution in [0.2, 0.25) is 0 Å². The molecule has 1 aromatic rings. The summed E-state index contributed by atoms with van der Waals surface area (Å²) in [6.45, 7) is 0.741. The molecule has 4 nitrogen and oxygen atoms in total. The first kappa shape index (κ1) is 18.5. The second-order valence-electron chi connectivity index (χ2n) is 8.61. The van der Waals surface area contributed by atoms with Crippen molar-refractivity contribution in [3.05, 3.63) is 35.4 Å². The lowest BCUT2D eigenvalue weighted by Crippen LogP contribution is -2.47. The first-order chi connectivity index (χ1) is 13.2. The van der Waals surface area contributed by atoms with Gasteiger partial charge in [0.1, 0.15) is 6.04 Å². The standard InChI is InChI=1S/C23H32N2O2/c26-22(16-17-8-2-1-3-9-17)25-15-7-14-21(25)23(27)24-20-13-6-11-18-10-4-5-12-19(18)20/h4-5,10,12,17,20-21H,1-3,6-9,11,13-16H2,(H,24,27)/t20?,21-/m0/s1. The molecule has 1 N–H and O–H groups in total. The summed E-state index contributed by atoms with van der Waals surface area (Å²) in [7, 11) is 0. The highest BCUT2D eigenvalue weighted by Crippen LogP contribution is 2.31. The number of rotatable bonds is 4. The topological polar surface area (TPSA) is 49.4 Å². The third-order valence-electron chi connectivity index (χ3n) is 6.75. The van der Waals surface area contributed by atoms with Gasteiger partial charge in [0, 0.05) is 13.0 Å². The molecule has 1 aliphatic heterocycles. The van der Waals surface area contributed by atoms with Gasteiger partial charge >= 0.3 is 0 Å². The van der Waals surface area contributed by atoms with Gasteiger partial charge in [0.25, 0.3) is 0 Å². The Balaban J connectivity index is 1.38.